The van der Waals surface area contributed by atoms with E-state index in [1.165, 1.54) is 0 Å². The number of hydrogen-bond donors (Lipinski definition) is 2. The van der Waals surface area contributed by atoms with Gasteiger partial charge in [-0.3, -0.25) is 4.98 Å². The molecule has 0 saturated heterocycles. The van der Waals surface area contributed by atoms with Crippen molar-refractivity contribution in [2.45, 2.75) is 6.42 Å². The molecular weight excluding hydrogens is 254 g/mol. The van der Waals surface area contributed by atoms with Crippen LogP contribution in [0.5, 0.6) is 0 Å². The molecule has 20 heavy (non-hydrogen) atoms. The smallest absolute Gasteiger partial charge is 0.224 e. The average Bonchev–Trinajstić information content (AvgIpc) is 2.93. The predicted molar refractivity (Wildman–Crippen MR) is 77.3 cm³/mol. The van der Waals surface area contributed by atoms with Crippen LogP contribution in [0.3, 0.4) is 0 Å². The minimum atomic E-state index is 0.226. The molecule has 3 N–H and O–H groups in total. The molecule has 0 unspecified atom stereocenters. The summed E-state index contributed by atoms with van der Waals surface area (Å²) in [5.74, 6) is 0.977. The third-order valence-corrected chi connectivity index (χ3v) is 3.07. The SMILES string of the molecule is CN(CCc1ccccn1)c1nc(N)nc2nc[nH]c12. The molecule has 0 saturated carbocycles. The Labute approximate surface area is 115 Å². The van der Waals surface area contributed by atoms with Crippen LogP contribution in [0, 0.1) is 0 Å². The molecule has 0 atom stereocenters. The van der Waals surface area contributed by atoms with E-state index in [-0.39, 0.29) is 5.95 Å². The van der Waals surface area contributed by atoms with Crippen molar-refractivity contribution in [3.05, 3.63) is 36.4 Å². The monoisotopic (exact) mass is 269 g/mol. The van der Waals surface area contributed by atoms with Crippen molar-refractivity contribution in [1.82, 2.24) is 24.9 Å². The predicted octanol–water partition coefficient (Wildman–Crippen LogP) is 1.01. The first-order valence-electron chi connectivity index (χ1n) is 6.31. The third-order valence-electron chi connectivity index (χ3n) is 3.07. The fraction of sp³-hybridized carbons (Fsp3) is 0.231. The zero-order valence-electron chi connectivity index (χ0n) is 11.1. The molecule has 3 aromatic rings. The maximum absolute atomic E-state index is 5.71. The highest BCUT2D eigenvalue weighted by Gasteiger charge is 2.12. The van der Waals surface area contributed by atoms with Crippen molar-refractivity contribution in [2.75, 3.05) is 24.2 Å². The molecule has 0 bridgehead atoms. The first kappa shape index (κ1) is 12.3. The number of aromatic amines is 1. The number of pyridine rings is 1. The van der Waals surface area contributed by atoms with E-state index in [2.05, 4.69) is 24.9 Å². The van der Waals surface area contributed by atoms with E-state index in [0.29, 0.717) is 5.65 Å². The van der Waals surface area contributed by atoms with Gasteiger partial charge in [0.15, 0.2) is 11.5 Å². The van der Waals surface area contributed by atoms with Crippen LogP contribution in [-0.4, -0.2) is 38.5 Å². The van der Waals surface area contributed by atoms with Gasteiger partial charge in [0.05, 0.1) is 6.33 Å². The van der Waals surface area contributed by atoms with Crippen LogP contribution in [-0.2, 0) is 6.42 Å². The minimum Gasteiger partial charge on any atom is -0.368 e. The number of likely N-dealkylation sites (N-methyl/N-ethyl adjacent to an activating group) is 1. The molecule has 0 spiro atoms. The molecule has 0 fully saturated rings. The van der Waals surface area contributed by atoms with Crippen LogP contribution in [0.25, 0.3) is 11.2 Å². The molecule has 0 radical (unpaired) electrons. The lowest BCUT2D eigenvalue weighted by Gasteiger charge is -2.18. The quantitative estimate of drug-likeness (QED) is 0.733. The number of nitrogen functional groups attached to an aromatic ring is 1. The van der Waals surface area contributed by atoms with Crippen LogP contribution >= 0.6 is 0 Å². The molecule has 7 nitrogen and oxygen atoms in total. The molecule has 0 aliphatic carbocycles. The summed E-state index contributed by atoms with van der Waals surface area (Å²) in [5, 5.41) is 0. The molecule has 3 rings (SSSR count). The van der Waals surface area contributed by atoms with Crippen molar-refractivity contribution in [2.24, 2.45) is 0 Å². The van der Waals surface area contributed by atoms with Gasteiger partial charge in [0.1, 0.15) is 5.52 Å². The topological polar surface area (TPSA) is 96.6 Å². The molecule has 0 aromatic carbocycles. The standard InChI is InChI=1S/C13H15N7/c1-20(7-5-9-4-2-3-6-15-9)12-10-11(17-8-16-10)18-13(14)19-12/h2-4,6,8H,5,7H2,1H3,(H3,14,16,17,18,19). The number of nitrogens with two attached hydrogens (primary N) is 1. The van der Waals surface area contributed by atoms with E-state index < -0.39 is 0 Å². The second-order valence-electron chi connectivity index (χ2n) is 4.50. The van der Waals surface area contributed by atoms with Crippen molar-refractivity contribution in [3.8, 4) is 0 Å². The maximum Gasteiger partial charge on any atom is 0.224 e. The molecule has 0 aliphatic heterocycles. The second-order valence-corrected chi connectivity index (χ2v) is 4.50. The Bertz CT molecular complexity index is 707. The van der Waals surface area contributed by atoms with Gasteiger partial charge in [0.25, 0.3) is 0 Å². The van der Waals surface area contributed by atoms with Crippen molar-refractivity contribution < 1.29 is 0 Å². The van der Waals surface area contributed by atoms with Crippen LogP contribution in [0.1, 0.15) is 5.69 Å². The van der Waals surface area contributed by atoms with E-state index in [1.807, 2.05) is 30.1 Å². The Kier molecular flexibility index (Phi) is 3.16. The van der Waals surface area contributed by atoms with E-state index in [4.69, 9.17) is 5.73 Å². The lowest BCUT2D eigenvalue weighted by atomic mass is 10.2. The van der Waals surface area contributed by atoms with Crippen molar-refractivity contribution in [3.63, 3.8) is 0 Å². The number of rotatable bonds is 4. The Balaban J connectivity index is 1.82. The fourth-order valence-electron chi connectivity index (χ4n) is 2.04. The molecule has 102 valence electrons. The first-order chi connectivity index (χ1) is 9.74. The highest BCUT2D eigenvalue weighted by Crippen LogP contribution is 2.20. The van der Waals surface area contributed by atoms with E-state index in [1.54, 1.807) is 12.5 Å². The van der Waals surface area contributed by atoms with Crippen LogP contribution in [0.4, 0.5) is 11.8 Å². The number of nitrogens with zero attached hydrogens (tertiary/aromatic N) is 5. The van der Waals surface area contributed by atoms with E-state index in [9.17, 15) is 0 Å². The van der Waals surface area contributed by atoms with Gasteiger partial charge in [-0.25, -0.2) is 4.98 Å². The van der Waals surface area contributed by atoms with Crippen LogP contribution in [0.2, 0.25) is 0 Å². The Morgan fingerprint density at radius 2 is 2.15 bits per heavy atom. The summed E-state index contributed by atoms with van der Waals surface area (Å²) in [7, 11) is 1.96. The largest absolute Gasteiger partial charge is 0.368 e. The zero-order valence-corrected chi connectivity index (χ0v) is 11.1. The summed E-state index contributed by atoms with van der Waals surface area (Å²) in [5.41, 5.74) is 8.13. The number of anilines is 2. The third kappa shape index (κ3) is 2.37. The summed E-state index contributed by atoms with van der Waals surface area (Å²) in [6.07, 6.45) is 4.22. The van der Waals surface area contributed by atoms with Gasteiger partial charge >= 0.3 is 0 Å². The van der Waals surface area contributed by atoms with Crippen LogP contribution in [0.15, 0.2) is 30.7 Å². The number of fused-ring (bicyclic) bond motifs is 1. The highest BCUT2D eigenvalue weighted by atomic mass is 15.2. The van der Waals surface area contributed by atoms with Crippen molar-refractivity contribution >= 4 is 22.9 Å². The summed E-state index contributed by atoms with van der Waals surface area (Å²) >= 11 is 0. The number of H-pyrrole nitrogens is 1. The number of nitrogens with one attached hydrogen (secondary N) is 1. The molecule has 3 aromatic heterocycles. The van der Waals surface area contributed by atoms with Crippen LogP contribution < -0.4 is 10.6 Å². The summed E-state index contributed by atoms with van der Waals surface area (Å²) < 4.78 is 0. The zero-order chi connectivity index (χ0) is 13.9. The van der Waals surface area contributed by atoms with Gasteiger partial charge < -0.3 is 15.6 Å². The van der Waals surface area contributed by atoms with Gasteiger partial charge in [-0.1, -0.05) is 6.07 Å². The Morgan fingerprint density at radius 1 is 1.25 bits per heavy atom. The molecular formula is C13H15N7. The average molecular weight is 269 g/mol. The van der Waals surface area contributed by atoms with Gasteiger partial charge in [0, 0.05) is 31.9 Å². The lowest BCUT2D eigenvalue weighted by Crippen LogP contribution is -2.22. The lowest BCUT2D eigenvalue weighted by molar-refractivity contribution is 0.841. The van der Waals surface area contributed by atoms with Gasteiger partial charge in [-0.2, -0.15) is 9.97 Å². The first-order valence-corrected chi connectivity index (χ1v) is 6.31. The second kappa shape index (κ2) is 5.12. The Morgan fingerprint density at radius 3 is 2.95 bits per heavy atom. The molecule has 0 amide bonds. The van der Waals surface area contributed by atoms with E-state index >= 15 is 0 Å². The maximum atomic E-state index is 5.71. The molecule has 0 aliphatic rings. The summed E-state index contributed by atoms with van der Waals surface area (Å²) in [6.45, 7) is 0.779. The molecule has 3 heterocycles. The van der Waals surface area contributed by atoms with Gasteiger partial charge in [0.2, 0.25) is 5.95 Å². The summed E-state index contributed by atoms with van der Waals surface area (Å²) in [6, 6.07) is 5.90. The number of imidazole rings is 1. The van der Waals surface area contributed by atoms with Crippen molar-refractivity contribution in [1.29, 1.82) is 0 Å². The Hall–Kier alpha value is -2.70. The highest BCUT2D eigenvalue weighted by molar-refractivity contribution is 5.83. The number of aromatic nitrogens is 5. The fourth-order valence-corrected chi connectivity index (χ4v) is 2.04. The number of hydrogen-bond acceptors (Lipinski definition) is 6. The molecule has 7 heteroatoms. The summed E-state index contributed by atoms with van der Waals surface area (Å²) in [4.78, 5) is 21.9. The normalized spacial score (nSPS) is 10.8. The van der Waals surface area contributed by atoms with Gasteiger partial charge in [-0.15, -0.1) is 0 Å². The minimum absolute atomic E-state index is 0.226. The van der Waals surface area contributed by atoms with E-state index in [0.717, 1.165) is 30.0 Å². The van der Waals surface area contributed by atoms with Gasteiger partial charge in [-0.05, 0) is 12.1 Å².